The van der Waals surface area contributed by atoms with Crippen LogP contribution in [0.1, 0.15) is 77.0 Å². The number of piperidine rings is 1. The zero-order valence-electron chi connectivity index (χ0n) is 14.0. The third kappa shape index (κ3) is 3.36. The molecule has 0 aromatic heterocycles. The van der Waals surface area contributed by atoms with E-state index in [4.69, 9.17) is 0 Å². The van der Waals surface area contributed by atoms with Crippen molar-refractivity contribution < 1.29 is 8.42 Å². The summed E-state index contributed by atoms with van der Waals surface area (Å²) in [7, 11) is -1.45. The van der Waals surface area contributed by atoms with Gasteiger partial charge in [-0.05, 0) is 44.4 Å². The van der Waals surface area contributed by atoms with Crippen molar-refractivity contribution in [1.82, 2.24) is 8.61 Å². The third-order valence-electron chi connectivity index (χ3n) is 6.19. The molecule has 1 heterocycles. The van der Waals surface area contributed by atoms with E-state index in [0.29, 0.717) is 5.92 Å². The lowest BCUT2D eigenvalue weighted by molar-refractivity contribution is 0.120. The summed E-state index contributed by atoms with van der Waals surface area (Å²) in [5, 5.41) is 0. The fourth-order valence-corrected chi connectivity index (χ4v) is 6.74. The zero-order chi connectivity index (χ0) is 15.6. The SMILES string of the molecule is CN(C1CCCCCC1)S(=O)(=O)N1CCC[C@H]2CCCC[C@H]21. The number of rotatable bonds is 3. The smallest absolute Gasteiger partial charge is 0.195 e. The van der Waals surface area contributed by atoms with Crippen molar-refractivity contribution in [2.75, 3.05) is 13.6 Å². The number of hydrogen-bond donors (Lipinski definition) is 0. The zero-order valence-corrected chi connectivity index (χ0v) is 14.9. The molecular weight excluding hydrogens is 296 g/mol. The molecule has 1 saturated heterocycles. The van der Waals surface area contributed by atoms with Gasteiger partial charge in [0, 0.05) is 25.7 Å². The second-order valence-corrected chi connectivity index (χ2v) is 9.47. The lowest BCUT2D eigenvalue weighted by Gasteiger charge is -2.45. The van der Waals surface area contributed by atoms with Crippen LogP contribution < -0.4 is 0 Å². The van der Waals surface area contributed by atoms with Crippen LogP contribution in [-0.2, 0) is 10.2 Å². The molecule has 0 amide bonds. The van der Waals surface area contributed by atoms with E-state index in [-0.39, 0.29) is 12.1 Å². The Morgan fingerprint density at radius 2 is 1.41 bits per heavy atom. The van der Waals surface area contributed by atoms with Gasteiger partial charge in [0.15, 0.2) is 0 Å². The first kappa shape index (κ1) is 16.7. The second kappa shape index (κ2) is 7.18. The normalized spacial score (nSPS) is 32.6. The van der Waals surface area contributed by atoms with Crippen LogP contribution in [0, 0.1) is 5.92 Å². The Labute approximate surface area is 136 Å². The van der Waals surface area contributed by atoms with Crippen molar-refractivity contribution in [3.05, 3.63) is 0 Å². The molecule has 3 aliphatic rings. The lowest BCUT2D eigenvalue weighted by atomic mass is 9.79. The standard InChI is InChI=1S/C17H32N2O2S/c1-18(16-11-4-2-3-5-12-16)22(20,21)19-14-8-10-15-9-6-7-13-17(15)19/h15-17H,2-14H2,1H3/t15-,17-/m1/s1. The predicted molar refractivity (Wildman–Crippen MR) is 89.9 cm³/mol. The van der Waals surface area contributed by atoms with Gasteiger partial charge in [-0.3, -0.25) is 0 Å². The molecule has 22 heavy (non-hydrogen) atoms. The fraction of sp³-hybridized carbons (Fsp3) is 1.00. The summed E-state index contributed by atoms with van der Waals surface area (Å²) < 4.78 is 30.0. The molecule has 0 aromatic rings. The van der Waals surface area contributed by atoms with E-state index in [1.54, 1.807) is 4.31 Å². The summed E-state index contributed by atoms with van der Waals surface area (Å²) in [5.74, 6) is 0.611. The molecule has 2 aliphatic carbocycles. The monoisotopic (exact) mass is 328 g/mol. The van der Waals surface area contributed by atoms with Gasteiger partial charge in [0.1, 0.15) is 0 Å². The van der Waals surface area contributed by atoms with Gasteiger partial charge in [-0.2, -0.15) is 17.0 Å². The Morgan fingerprint density at radius 3 is 2.14 bits per heavy atom. The van der Waals surface area contributed by atoms with Crippen LogP contribution in [0.2, 0.25) is 0 Å². The lowest BCUT2D eigenvalue weighted by Crippen LogP contribution is -2.55. The van der Waals surface area contributed by atoms with Crippen molar-refractivity contribution in [3.8, 4) is 0 Å². The molecule has 0 N–H and O–H groups in total. The Bertz CT molecular complexity index is 455. The number of hydrogen-bond acceptors (Lipinski definition) is 2. The highest BCUT2D eigenvalue weighted by atomic mass is 32.2. The second-order valence-electron chi connectivity index (χ2n) is 7.53. The molecule has 0 bridgehead atoms. The van der Waals surface area contributed by atoms with Gasteiger partial charge in [-0.15, -0.1) is 0 Å². The van der Waals surface area contributed by atoms with Crippen LogP contribution in [0.3, 0.4) is 0 Å². The molecular formula is C17H32N2O2S. The van der Waals surface area contributed by atoms with E-state index in [9.17, 15) is 8.42 Å². The molecule has 1 aliphatic heterocycles. The summed E-state index contributed by atoms with van der Waals surface area (Å²) in [4.78, 5) is 0. The van der Waals surface area contributed by atoms with Crippen molar-refractivity contribution in [2.45, 2.75) is 89.1 Å². The van der Waals surface area contributed by atoms with Crippen molar-refractivity contribution in [1.29, 1.82) is 0 Å². The highest BCUT2D eigenvalue weighted by Gasteiger charge is 2.42. The molecule has 0 spiro atoms. The summed E-state index contributed by atoms with van der Waals surface area (Å²) in [5.41, 5.74) is 0. The van der Waals surface area contributed by atoms with Gasteiger partial charge in [0.25, 0.3) is 10.2 Å². The van der Waals surface area contributed by atoms with E-state index < -0.39 is 10.2 Å². The minimum atomic E-state index is -3.28. The topological polar surface area (TPSA) is 40.6 Å². The first-order valence-corrected chi connectivity index (χ1v) is 10.7. The third-order valence-corrected chi connectivity index (χ3v) is 8.26. The Balaban J connectivity index is 1.75. The summed E-state index contributed by atoms with van der Waals surface area (Å²) in [6.07, 6.45) is 14.0. The predicted octanol–water partition coefficient (Wildman–Crippen LogP) is 3.54. The van der Waals surface area contributed by atoms with Crippen molar-refractivity contribution in [3.63, 3.8) is 0 Å². The quantitative estimate of drug-likeness (QED) is 0.744. The maximum atomic E-state index is 13.2. The van der Waals surface area contributed by atoms with Gasteiger partial charge >= 0.3 is 0 Å². The van der Waals surface area contributed by atoms with E-state index >= 15 is 0 Å². The largest absolute Gasteiger partial charge is 0.282 e. The molecule has 4 nitrogen and oxygen atoms in total. The molecule has 0 aromatic carbocycles. The first-order chi connectivity index (χ1) is 10.6. The number of nitrogens with zero attached hydrogens (tertiary/aromatic N) is 2. The molecule has 5 heteroatoms. The van der Waals surface area contributed by atoms with Gasteiger partial charge < -0.3 is 0 Å². The minimum absolute atomic E-state index is 0.219. The number of fused-ring (bicyclic) bond motifs is 1. The molecule has 0 radical (unpaired) electrons. The maximum absolute atomic E-state index is 13.2. The molecule has 3 rings (SSSR count). The van der Waals surface area contributed by atoms with Crippen molar-refractivity contribution in [2.24, 2.45) is 5.92 Å². The summed E-state index contributed by atoms with van der Waals surface area (Å²) in [6.45, 7) is 0.737. The van der Waals surface area contributed by atoms with E-state index in [1.165, 1.54) is 51.4 Å². The molecule has 0 unspecified atom stereocenters. The van der Waals surface area contributed by atoms with Crippen molar-refractivity contribution >= 4 is 10.2 Å². The van der Waals surface area contributed by atoms with Gasteiger partial charge in [0.2, 0.25) is 0 Å². The molecule has 2 atom stereocenters. The molecule has 128 valence electrons. The van der Waals surface area contributed by atoms with Crippen LogP contribution in [-0.4, -0.2) is 42.7 Å². The maximum Gasteiger partial charge on any atom is 0.282 e. The van der Waals surface area contributed by atoms with Crippen LogP contribution in [0.4, 0.5) is 0 Å². The van der Waals surface area contributed by atoms with E-state index in [2.05, 4.69) is 0 Å². The van der Waals surface area contributed by atoms with E-state index in [1.807, 2.05) is 11.4 Å². The summed E-state index contributed by atoms with van der Waals surface area (Å²) in [6, 6.07) is 0.497. The molecule has 2 saturated carbocycles. The van der Waals surface area contributed by atoms with Crippen LogP contribution in [0.5, 0.6) is 0 Å². The van der Waals surface area contributed by atoms with Crippen LogP contribution in [0.15, 0.2) is 0 Å². The Kier molecular flexibility index (Phi) is 5.46. The van der Waals surface area contributed by atoms with Gasteiger partial charge in [-0.25, -0.2) is 0 Å². The van der Waals surface area contributed by atoms with Crippen LogP contribution >= 0.6 is 0 Å². The average molecular weight is 329 g/mol. The first-order valence-electron chi connectivity index (χ1n) is 9.35. The molecule has 3 fully saturated rings. The minimum Gasteiger partial charge on any atom is -0.195 e. The fourth-order valence-electron chi connectivity index (χ4n) is 4.84. The van der Waals surface area contributed by atoms with E-state index in [0.717, 1.165) is 32.2 Å². The summed E-state index contributed by atoms with van der Waals surface area (Å²) >= 11 is 0. The highest BCUT2D eigenvalue weighted by Crippen LogP contribution is 2.37. The van der Waals surface area contributed by atoms with Crippen LogP contribution in [0.25, 0.3) is 0 Å². The average Bonchev–Trinajstić information content (AvgIpc) is 2.82. The Hall–Kier alpha value is -0.130. The highest BCUT2D eigenvalue weighted by molar-refractivity contribution is 7.86. The Morgan fingerprint density at radius 1 is 0.818 bits per heavy atom. The van der Waals surface area contributed by atoms with Gasteiger partial charge in [0.05, 0.1) is 0 Å². The van der Waals surface area contributed by atoms with Gasteiger partial charge in [-0.1, -0.05) is 38.5 Å².